The van der Waals surface area contributed by atoms with Gasteiger partial charge >= 0.3 is 0 Å². The van der Waals surface area contributed by atoms with Crippen LogP contribution in [0.3, 0.4) is 0 Å². The normalized spacial score (nSPS) is 10.1. The molecule has 0 saturated heterocycles. The van der Waals surface area contributed by atoms with Crippen LogP contribution in [-0.2, 0) is 6.54 Å². The molecule has 1 aromatic heterocycles. The largest absolute Gasteiger partial charge is 0.397 e. The molecule has 0 spiro atoms. The van der Waals surface area contributed by atoms with E-state index in [4.69, 9.17) is 17.3 Å². The number of rotatable bonds is 6. The molecule has 0 unspecified atom stereocenters. The number of nitrogens with two attached hydrogens (primary N) is 1. The number of carbonyl (C=O) groups excluding carboxylic acids is 1. The topological polar surface area (TPSA) is 67.2 Å². The fourth-order valence-corrected chi connectivity index (χ4v) is 2.83. The molecule has 0 saturated carbocycles. The minimum absolute atomic E-state index is 0.191. The van der Waals surface area contributed by atoms with Crippen molar-refractivity contribution in [3.63, 3.8) is 0 Å². The summed E-state index contributed by atoms with van der Waals surface area (Å²) in [6.45, 7) is 4.55. The molecule has 0 fully saturated rings. The molecule has 1 amide bonds. The van der Waals surface area contributed by atoms with E-state index in [1.165, 1.54) is 11.3 Å². The monoisotopic (exact) mass is 321 g/mol. The highest BCUT2D eigenvalue weighted by molar-refractivity contribution is 7.18. The number of amides is 1. The van der Waals surface area contributed by atoms with Gasteiger partial charge < -0.3 is 16.4 Å². The van der Waals surface area contributed by atoms with Crippen molar-refractivity contribution in [2.45, 2.75) is 6.54 Å². The van der Waals surface area contributed by atoms with Gasteiger partial charge in [-0.1, -0.05) is 35.9 Å². The molecule has 1 heterocycles. The fourth-order valence-electron chi connectivity index (χ4n) is 1.74. The molecule has 21 heavy (non-hydrogen) atoms. The number of halogens is 1. The molecule has 1 aromatic carbocycles. The Balaban J connectivity index is 2.04. The summed E-state index contributed by atoms with van der Waals surface area (Å²) in [5, 5.41) is 7.47. The highest BCUT2D eigenvalue weighted by Crippen LogP contribution is 2.30. The van der Waals surface area contributed by atoms with Crippen LogP contribution in [0.1, 0.15) is 15.2 Å². The van der Waals surface area contributed by atoms with Crippen molar-refractivity contribution in [2.24, 2.45) is 0 Å². The van der Waals surface area contributed by atoms with E-state index in [0.29, 0.717) is 28.7 Å². The van der Waals surface area contributed by atoms with E-state index < -0.39 is 0 Å². The van der Waals surface area contributed by atoms with Gasteiger partial charge in [-0.2, -0.15) is 0 Å². The molecular formula is C15H16ClN3OS. The Hall–Kier alpha value is -1.98. The molecular weight excluding hydrogens is 306 g/mol. The van der Waals surface area contributed by atoms with Gasteiger partial charge in [0.2, 0.25) is 0 Å². The molecule has 6 heteroatoms. The maximum Gasteiger partial charge on any atom is 0.263 e. The summed E-state index contributed by atoms with van der Waals surface area (Å²) < 4.78 is 0. The van der Waals surface area contributed by atoms with Gasteiger partial charge in [0, 0.05) is 18.1 Å². The first-order valence-corrected chi connectivity index (χ1v) is 7.57. The smallest absolute Gasteiger partial charge is 0.263 e. The number of nitrogen functional groups attached to an aromatic ring is 1. The van der Waals surface area contributed by atoms with Crippen molar-refractivity contribution in [1.29, 1.82) is 0 Å². The molecule has 4 nitrogen and oxygen atoms in total. The zero-order valence-corrected chi connectivity index (χ0v) is 12.9. The average molecular weight is 322 g/mol. The lowest BCUT2D eigenvalue weighted by molar-refractivity contribution is 0.0963. The van der Waals surface area contributed by atoms with Gasteiger partial charge in [0.1, 0.15) is 4.88 Å². The van der Waals surface area contributed by atoms with E-state index in [1.54, 1.807) is 12.1 Å². The van der Waals surface area contributed by atoms with Crippen LogP contribution in [0.2, 0.25) is 5.02 Å². The molecule has 0 bridgehead atoms. The third-order valence-corrected chi connectivity index (χ3v) is 4.26. The molecule has 2 rings (SSSR count). The Morgan fingerprint density at radius 1 is 1.43 bits per heavy atom. The quantitative estimate of drug-likeness (QED) is 0.713. The van der Waals surface area contributed by atoms with Gasteiger partial charge in [0.05, 0.1) is 10.7 Å². The Kier molecular flexibility index (Phi) is 5.25. The summed E-state index contributed by atoms with van der Waals surface area (Å²) in [5.41, 5.74) is 7.32. The van der Waals surface area contributed by atoms with Crippen molar-refractivity contribution in [1.82, 2.24) is 5.32 Å². The summed E-state index contributed by atoms with van der Waals surface area (Å²) in [6, 6.07) is 9.36. The number of benzene rings is 1. The standard InChI is InChI=1S/C15H16ClN3OS/c1-2-7-18-15(20)14-12(17)8-13(21-14)19-9-10-5-3-4-6-11(10)16/h2-6,8,19H,1,7,9,17H2,(H,18,20). The molecule has 0 aliphatic rings. The Morgan fingerprint density at radius 3 is 2.90 bits per heavy atom. The molecule has 0 atom stereocenters. The third-order valence-electron chi connectivity index (χ3n) is 2.78. The zero-order chi connectivity index (χ0) is 15.2. The van der Waals surface area contributed by atoms with Crippen LogP contribution in [0.5, 0.6) is 0 Å². The Labute approximate surface area is 132 Å². The molecule has 4 N–H and O–H groups in total. The van der Waals surface area contributed by atoms with Crippen molar-refractivity contribution in [3.05, 3.63) is 58.5 Å². The number of hydrogen-bond acceptors (Lipinski definition) is 4. The zero-order valence-electron chi connectivity index (χ0n) is 11.4. The van der Waals surface area contributed by atoms with E-state index in [0.717, 1.165) is 10.6 Å². The van der Waals surface area contributed by atoms with E-state index in [-0.39, 0.29) is 5.91 Å². The molecule has 0 radical (unpaired) electrons. The lowest BCUT2D eigenvalue weighted by Crippen LogP contribution is -2.22. The molecule has 0 aliphatic carbocycles. The predicted molar refractivity (Wildman–Crippen MR) is 90.0 cm³/mol. The van der Waals surface area contributed by atoms with Crippen LogP contribution < -0.4 is 16.4 Å². The second-order valence-corrected chi connectivity index (χ2v) is 5.80. The molecule has 0 aliphatic heterocycles. The van der Waals surface area contributed by atoms with E-state index in [1.807, 2.05) is 24.3 Å². The van der Waals surface area contributed by atoms with Gasteiger partial charge in [-0.25, -0.2) is 0 Å². The van der Waals surface area contributed by atoms with Gasteiger partial charge in [-0.3, -0.25) is 4.79 Å². The number of nitrogens with one attached hydrogen (secondary N) is 2. The molecule has 110 valence electrons. The van der Waals surface area contributed by atoms with Gasteiger partial charge in [0.25, 0.3) is 5.91 Å². The van der Waals surface area contributed by atoms with Crippen LogP contribution in [0.25, 0.3) is 0 Å². The SMILES string of the molecule is C=CCNC(=O)c1sc(NCc2ccccc2Cl)cc1N. The third kappa shape index (κ3) is 4.00. The van der Waals surface area contributed by atoms with Crippen molar-refractivity contribution in [2.75, 3.05) is 17.6 Å². The highest BCUT2D eigenvalue weighted by Gasteiger charge is 2.13. The summed E-state index contributed by atoms with van der Waals surface area (Å²) in [7, 11) is 0. The first kappa shape index (κ1) is 15.4. The number of anilines is 2. The highest BCUT2D eigenvalue weighted by atomic mass is 35.5. The van der Waals surface area contributed by atoms with Crippen molar-refractivity contribution in [3.8, 4) is 0 Å². The van der Waals surface area contributed by atoms with E-state index >= 15 is 0 Å². The summed E-state index contributed by atoms with van der Waals surface area (Å²) in [5.74, 6) is -0.191. The second kappa shape index (κ2) is 7.15. The first-order valence-electron chi connectivity index (χ1n) is 6.37. The molecule has 2 aromatic rings. The van der Waals surface area contributed by atoms with Crippen molar-refractivity contribution >= 4 is 39.5 Å². The van der Waals surface area contributed by atoms with Gasteiger partial charge in [-0.15, -0.1) is 17.9 Å². The lowest BCUT2D eigenvalue weighted by Gasteiger charge is -2.05. The maximum atomic E-state index is 11.9. The van der Waals surface area contributed by atoms with Crippen LogP contribution in [0.4, 0.5) is 10.7 Å². The van der Waals surface area contributed by atoms with Crippen molar-refractivity contribution < 1.29 is 4.79 Å². The van der Waals surface area contributed by atoms with E-state index in [9.17, 15) is 4.79 Å². The van der Waals surface area contributed by atoms with Crippen LogP contribution in [0, 0.1) is 0 Å². The lowest BCUT2D eigenvalue weighted by atomic mass is 10.2. The van der Waals surface area contributed by atoms with Crippen LogP contribution >= 0.6 is 22.9 Å². The predicted octanol–water partition coefficient (Wildman–Crippen LogP) is 3.51. The first-order chi connectivity index (χ1) is 10.1. The Bertz CT molecular complexity index is 654. The van der Waals surface area contributed by atoms with Crippen LogP contribution in [0.15, 0.2) is 43.0 Å². The van der Waals surface area contributed by atoms with Gasteiger partial charge in [-0.05, 0) is 17.7 Å². The fraction of sp³-hybridized carbons (Fsp3) is 0.133. The Morgan fingerprint density at radius 2 is 2.19 bits per heavy atom. The minimum atomic E-state index is -0.191. The maximum absolute atomic E-state index is 11.9. The number of thiophene rings is 1. The second-order valence-electron chi connectivity index (χ2n) is 4.34. The average Bonchev–Trinajstić information content (AvgIpc) is 2.85. The van der Waals surface area contributed by atoms with Crippen LogP contribution in [-0.4, -0.2) is 12.5 Å². The number of hydrogen-bond donors (Lipinski definition) is 3. The van der Waals surface area contributed by atoms with Gasteiger partial charge in [0.15, 0.2) is 0 Å². The minimum Gasteiger partial charge on any atom is -0.397 e. The summed E-state index contributed by atoms with van der Waals surface area (Å²) >= 11 is 7.42. The summed E-state index contributed by atoms with van der Waals surface area (Å²) in [4.78, 5) is 12.4. The van der Waals surface area contributed by atoms with E-state index in [2.05, 4.69) is 17.2 Å². The number of carbonyl (C=O) groups is 1. The summed E-state index contributed by atoms with van der Waals surface area (Å²) in [6.07, 6.45) is 1.62.